The molecular formula is C20H23N3O2S. The van der Waals surface area contributed by atoms with Gasteiger partial charge in [0.25, 0.3) is 10.0 Å². The lowest BCUT2D eigenvalue weighted by molar-refractivity contribution is 0.575. The molecule has 1 saturated carbocycles. The van der Waals surface area contributed by atoms with Crippen molar-refractivity contribution in [1.82, 2.24) is 10.2 Å². The van der Waals surface area contributed by atoms with Crippen LogP contribution in [0.15, 0.2) is 53.6 Å². The summed E-state index contributed by atoms with van der Waals surface area (Å²) in [4.78, 5) is 0.317. The maximum atomic E-state index is 13.5. The van der Waals surface area contributed by atoms with Crippen molar-refractivity contribution >= 4 is 26.6 Å². The molecule has 1 aliphatic rings. The zero-order chi connectivity index (χ0) is 18.1. The van der Waals surface area contributed by atoms with Gasteiger partial charge in [-0.1, -0.05) is 31.9 Å². The monoisotopic (exact) mass is 369 g/mol. The quantitative estimate of drug-likeness (QED) is 0.731. The highest BCUT2D eigenvalue weighted by molar-refractivity contribution is 7.92. The highest BCUT2D eigenvalue weighted by Crippen LogP contribution is 2.34. The maximum absolute atomic E-state index is 13.5. The summed E-state index contributed by atoms with van der Waals surface area (Å²) in [6, 6.07) is 13.1. The number of nitrogens with one attached hydrogen (secondary N) is 1. The minimum Gasteiger partial charge on any atom is -0.278 e. The Morgan fingerprint density at radius 3 is 2.54 bits per heavy atom. The van der Waals surface area contributed by atoms with Crippen molar-refractivity contribution in [2.75, 3.05) is 4.31 Å². The van der Waals surface area contributed by atoms with Crippen molar-refractivity contribution in [2.45, 2.75) is 50.0 Å². The van der Waals surface area contributed by atoms with Crippen LogP contribution in [0.25, 0.3) is 10.9 Å². The Morgan fingerprint density at radius 2 is 1.85 bits per heavy atom. The Bertz CT molecular complexity index is 1000. The molecule has 5 nitrogen and oxygen atoms in total. The highest BCUT2D eigenvalue weighted by atomic mass is 32.2. The van der Waals surface area contributed by atoms with Crippen LogP contribution in [0.5, 0.6) is 0 Å². The van der Waals surface area contributed by atoms with Gasteiger partial charge in [0.1, 0.15) is 0 Å². The highest BCUT2D eigenvalue weighted by Gasteiger charge is 2.33. The molecule has 2 aromatic carbocycles. The Hall–Kier alpha value is -2.34. The molecule has 0 saturated heterocycles. The summed E-state index contributed by atoms with van der Waals surface area (Å²) in [5.41, 5.74) is 2.79. The number of aryl methyl sites for hydroxylation is 1. The molecule has 0 aliphatic heterocycles. The molecule has 6 heteroatoms. The molecule has 136 valence electrons. The van der Waals surface area contributed by atoms with Gasteiger partial charge in [-0.25, -0.2) is 8.42 Å². The van der Waals surface area contributed by atoms with E-state index in [2.05, 4.69) is 17.1 Å². The predicted octanol–water partition coefficient (Wildman–Crippen LogP) is 4.26. The fourth-order valence-corrected chi connectivity index (χ4v) is 5.50. The molecule has 1 heterocycles. The molecule has 1 aromatic heterocycles. The Balaban J connectivity index is 1.80. The minimum absolute atomic E-state index is 0.0209. The second-order valence-electron chi connectivity index (χ2n) is 6.88. The summed E-state index contributed by atoms with van der Waals surface area (Å²) in [5.74, 6) is 0. The molecule has 0 atom stereocenters. The van der Waals surface area contributed by atoms with E-state index >= 15 is 0 Å². The summed E-state index contributed by atoms with van der Waals surface area (Å²) >= 11 is 0. The molecule has 1 aliphatic carbocycles. The molecule has 0 radical (unpaired) electrons. The number of fused-ring (bicyclic) bond motifs is 1. The third-order valence-corrected chi connectivity index (χ3v) is 7.10. The van der Waals surface area contributed by atoms with Crippen molar-refractivity contribution in [3.05, 3.63) is 54.2 Å². The Labute approximate surface area is 154 Å². The fourth-order valence-electron chi connectivity index (χ4n) is 3.76. The first-order valence-corrected chi connectivity index (χ1v) is 10.6. The normalized spacial score (nSPS) is 15.6. The average molecular weight is 369 g/mol. The fraction of sp³-hybridized carbons (Fsp3) is 0.350. The van der Waals surface area contributed by atoms with E-state index in [1.54, 1.807) is 28.7 Å². The largest absolute Gasteiger partial charge is 0.278 e. The summed E-state index contributed by atoms with van der Waals surface area (Å²) in [7, 11) is -3.63. The van der Waals surface area contributed by atoms with Gasteiger partial charge in [-0.05, 0) is 55.2 Å². The predicted molar refractivity (Wildman–Crippen MR) is 104 cm³/mol. The van der Waals surface area contributed by atoms with E-state index in [-0.39, 0.29) is 6.04 Å². The first kappa shape index (κ1) is 17.1. The minimum atomic E-state index is -3.63. The van der Waals surface area contributed by atoms with Crippen LogP contribution in [-0.4, -0.2) is 24.7 Å². The lowest BCUT2D eigenvalue weighted by Gasteiger charge is -2.30. The molecule has 1 N–H and O–H groups in total. The number of hydrogen-bond acceptors (Lipinski definition) is 3. The van der Waals surface area contributed by atoms with Crippen molar-refractivity contribution < 1.29 is 8.42 Å². The zero-order valence-electron chi connectivity index (χ0n) is 14.9. The number of aromatic nitrogens is 2. The van der Waals surface area contributed by atoms with Crippen LogP contribution < -0.4 is 4.31 Å². The molecular weight excluding hydrogens is 346 g/mol. The van der Waals surface area contributed by atoms with E-state index in [4.69, 9.17) is 0 Å². The molecule has 26 heavy (non-hydrogen) atoms. The van der Waals surface area contributed by atoms with Crippen molar-refractivity contribution in [3.63, 3.8) is 0 Å². The second-order valence-corrected chi connectivity index (χ2v) is 8.69. The van der Waals surface area contributed by atoms with Gasteiger partial charge in [0.05, 0.1) is 22.3 Å². The van der Waals surface area contributed by atoms with E-state index in [1.165, 1.54) is 5.56 Å². The average Bonchev–Trinajstić information content (AvgIpc) is 3.33. The van der Waals surface area contributed by atoms with Gasteiger partial charge < -0.3 is 0 Å². The Kier molecular flexibility index (Phi) is 4.44. The van der Waals surface area contributed by atoms with Gasteiger partial charge in [0.2, 0.25) is 0 Å². The zero-order valence-corrected chi connectivity index (χ0v) is 15.7. The summed E-state index contributed by atoms with van der Waals surface area (Å²) in [6.07, 6.45) is 6.55. The number of aromatic amines is 1. The molecule has 1 fully saturated rings. The van der Waals surface area contributed by atoms with E-state index in [0.717, 1.165) is 48.7 Å². The van der Waals surface area contributed by atoms with Gasteiger partial charge in [-0.15, -0.1) is 0 Å². The molecule has 3 aromatic rings. The van der Waals surface area contributed by atoms with Crippen LogP contribution in [0.3, 0.4) is 0 Å². The number of anilines is 1. The van der Waals surface area contributed by atoms with E-state index in [1.807, 2.05) is 24.3 Å². The SMILES string of the molecule is CCc1ccc(N(C2CCCC2)S(=O)(=O)c2ccc3[nH]ncc3c2)cc1. The van der Waals surface area contributed by atoms with Crippen LogP contribution in [0.1, 0.15) is 38.2 Å². The lowest BCUT2D eigenvalue weighted by Crippen LogP contribution is -2.39. The topological polar surface area (TPSA) is 66.1 Å². The van der Waals surface area contributed by atoms with Crippen molar-refractivity contribution in [1.29, 1.82) is 0 Å². The van der Waals surface area contributed by atoms with Gasteiger partial charge in [0, 0.05) is 11.4 Å². The molecule has 0 unspecified atom stereocenters. The van der Waals surface area contributed by atoms with Crippen LogP contribution in [0.4, 0.5) is 5.69 Å². The van der Waals surface area contributed by atoms with Crippen LogP contribution in [-0.2, 0) is 16.4 Å². The van der Waals surface area contributed by atoms with Crippen LogP contribution in [0, 0.1) is 0 Å². The first-order chi connectivity index (χ1) is 12.6. The molecule has 0 spiro atoms. The van der Waals surface area contributed by atoms with Crippen molar-refractivity contribution in [2.24, 2.45) is 0 Å². The van der Waals surface area contributed by atoms with Gasteiger partial charge in [0.15, 0.2) is 0 Å². The lowest BCUT2D eigenvalue weighted by atomic mass is 10.1. The molecule has 0 bridgehead atoms. The van der Waals surface area contributed by atoms with Gasteiger partial charge in [-0.2, -0.15) is 5.10 Å². The van der Waals surface area contributed by atoms with E-state index in [0.29, 0.717) is 4.90 Å². The summed E-state index contributed by atoms with van der Waals surface area (Å²) in [5, 5.41) is 7.66. The third kappa shape index (κ3) is 2.98. The summed E-state index contributed by atoms with van der Waals surface area (Å²) < 4.78 is 28.7. The second kappa shape index (κ2) is 6.76. The van der Waals surface area contributed by atoms with Gasteiger partial charge >= 0.3 is 0 Å². The smallest absolute Gasteiger partial charge is 0.264 e. The third-order valence-electron chi connectivity index (χ3n) is 5.22. The number of hydrogen-bond donors (Lipinski definition) is 1. The number of H-pyrrole nitrogens is 1. The van der Waals surface area contributed by atoms with Crippen molar-refractivity contribution in [3.8, 4) is 0 Å². The number of sulfonamides is 1. The van der Waals surface area contributed by atoms with Crippen LogP contribution in [0.2, 0.25) is 0 Å². The standard InChI is InChI=1S/C20H23N3O2S/c1-2-15-7-9-18(10-8-15)23(17-5-3-4-6-17)26(24,25)19-11-12-20-16(13-19)14-21-22-20/h7-14,17H,2-6H2,1H3,(H,21,22). The summed E-state index contributed by atoms with van der Waals surface area (Å²) in [6.45, 7) is 2.10. The molecule has 0 amide bonds. The maximum Gasteiger partial charge on any atom is 0.264 e. The van der Waals surface area contributed by atoms with E-state index < -0.39 is 10.0 Å². The number of benzene rings is 2. The first-order valence-electron chi connectivity index (χ1n) is 9.16. The van der Waals surface area contributed by atoms with E-state index in [9.17, 15) is 8.42 Å². The Morgan fingerprint density at radius 1 is 1.12 bits per heavy atom. The van der Waals surface area contributed by atoms with Gasteiger partial charge in [-0.3, -0.25) is 9.40 Å². The number of nitrogens with zero attached hydrogens (tertiary/aromatic N) is 2. The van der Waals surface area contributed by atoms with Crippen LogP contribution >= 0.6 is 0 Å². The number of rotatable bonds is 5. The molecule has 4 rings (SSSR count).